The summed E-state index contributed by atoms with van der Waals surface area (Å²) in [5.74, 6) is -1.26. The van der Waals surface area contributed by atoms with Crippen LogP contribution in [0.2, 0.25) is 0 Å². The lowest BCUT2D eigenvalue weighted by atomic mass is 10.1. The van der Waals surface area contributed by atoms with Gasteiger partial charge in [-0.3, -0.25) is 25.0 Å². The second-order valence-electron chi connectivity index (χ2n) is 6.22. The van der Waals surface area contributed by atoms with Crippen LogP contribution in [0.5, 0.6) is 0 Å². The van der Waals surface area contributed by atoms with E-state index in [1.54, 1.807) is 6.20 Å². The number of nitrogens with one attached hydrogen (secondary N) is 2. The smallest absolute Gasteiger partial charge is 0.269 e. The Morgan fingerprint density at radius 3 is 2.43 bits per heavy atom. The minimum atomic E-state index is -0.518. The molecule has 0 aliphatic carbocycles. The Morgan fingerprint density at radius 2 is 1.75 bits per heavy atom. The Hall–Kier alpha value is -3.13. The molecule has 0 radical (unpaired) electrons. The molecule has 8 heteroatoms. The van der Waals surface area contributed by atoms with E-state index in [1.807, 2.05) is 36.7 Å². The van der Waals surface area contributed by atoms with Crippen molar-refractivity contribution in [2.45, 2.75) is 19.0 Å². The van der Waals surface area contributed by atoms with Crippen LogP contribution in [0.3, 0.4) is 0 Å². The highest BCUT2D eigenvalue weighted by atomic mass is 32.2. The highest BCUT2D eigenvalue weighted by Crippen LogP contribution is 2.22. The third-order valence-corrected chi connectivity index (χ3v) is 4.81. The third kappa shape index (κ3) is 4.98. The zero-order valence-electron chi connectivity index (χ0n) is 15.4. The fraction of sp³-hybridized carbons (Fsp3) is 0.150. The Kier molecular flexibility index (Phi) is 6.10. The normalized spacial score (nSPS) is 10.5. The van der Waals surface area contributed by atoms with Crippen LogP contribution in [0.25, 0.3) is 5.69 Å². The van der Waals surface area contributed by atoms with Crippen molar-refractivity contribution in [2.75, 3.05) is 5.75 Å². The minimum absolute atomic E-state index is 0.0749. The van der Waals surface area contributed by atoms with Gasteiger partial charge in [0.15, 0.2) is 5.16 Å². The summed E-state index contributed by atoms with van der Waals surface area (Å²) < 4.78 is 14.8. The molecule has 0 saturated carbocycles. The van der Waals surface area contributed by atoms with Crippen molar-refractivity contribution in [2.24, 2.45) is 0 Å². The van der Waals surface area contributed by atoms with Crippen LogP contribution in [-0.4, -0.2) is 27.1 Å². The first-order chi connectivity index (χ1) is 13.4. The number of carbonyl (C=O) groups excluding carboxylic acids is 2. The van der Waals surface area contributed by atoms with Crippen molar-refractivity contribution >= 4 is 23.6 Å². The van der Waals surface area contributed by atoms with E-state index in [2.05, 4.69) is 21.9 Å². The van der Waals surface area contributed by atoms with Gasteiger partial charge in [-0.05, 0) is 61.4 Å². The number of carbonyl (C=O) groups is 2. The molecule has 2 aromatic carbocycles. The molecule has 0 atom stereocenters. The van der Waals surface area contributed by atoms with Crippen molar-refractivity contribution in [3.63, 3.8) is 0 Å². The molecule has 144 valence electrons. The monoisotopic (exact) mass is 398 g/mol. The van der Waals surface area contributed by atoms with Gasteiger partial charge in [-0.1, -0.05) is 17.8 Å². The van der Waals surface area contributed by atoms with Gasteiger partial charge in [-0.2, -0.15) is 0 Å². The van der Waals surface area contributed by atoms with Gasteiger partial charge >= 0.3 is 0 Å². The van der Waals surface area contributed by atoms with Gasteiger partial charge in [0.2, 0.25) is 5.91 Å². The summed E-state index contributed by atoms with van der Waals surface area (Å²) in [6, 6.07) is 11.2. The molecule has 3 rings (SSSR count). The van der Waals surface area contributed by atoms with Crippen molar-refractivity contribution in [1.29, 1.82) is 0 Å². The van der Waals surface area contributed by atoms with Crippen LogP contribution in [0.4, 0.5) is 4.39 Å². The molecule has 0 unspecified atom stereocenters. The summed E-state index contributed by atoms with van der Waals surface area (Å²) in [7, 11) is 0. The molecule has 28 heavy (non-hydrogen) atoms. The molecular weight excluding hydrogens is 379 g/mol. The number of aryl methyl sites for hydroxylation is 2. The maximum atomic E-state index is 12.9. The van der Waals surface area contributed by atoms with E-state index in [0.29, 0.717) is 5.16 Å². The number of hydrogen-bond donors (Lipinski definition) is 2. The molecule has 0 aliphatic rings. The average Bonchev–Trinajstić information content (AvgIpc) is 3.13. The second-order valence-corrected chi connectivity index (χ2v) is 7.17. The minimum Gasteiger partial charge on any atom is -0.295 e. The molecular formula is C20H19FN4O2S. The van der Waals surface area contributed by atoms with Gasteiger partial charge in [-0.25, -0.2) is 9.37 Å². The number of halogens is 1. The van der Waals surface area contributed by atoms with E-state index in [1.165, 1.54) is 36.0 Å². The number of aromatic nitrogens is 2. The zero-order valence-corrected chi connectivity index (χ0v) is 16.2. The number of hydrogen-bond acceptors (Lipinski definition) is 4. The van der Waals surface area contributed by atoms with Crippen LogP contribution >= 0.6 is 11.8 Å². The molecule has 0 aliphatic heterocycles. The molecule has 0 spiro atoms. The van der Waals surface area contributed by atoms with Gasteiger partial charge < -0.3 is 0 Å². The lowest BCUT2D eigenvalue weighted by Gasteiger charge is -2.10. The van der Waals surface area contributed by atoms with Crippen molar-refractivity contribution < 1.29 is 14.0 Å². The summed E-state index contributed by atoms with van der Waals surface area (Å²) in [5, 5.41) is 0.671. The van der Waals surface area contributed by atoms with E-state index in [9.17, 15) is 14.0 Å². The Balaban J connectivity index is 1.56. The average molecular weight is 398 g/mol. The van der Waals surface area contributed by atoms with Crippen molar-refractivity contribution in [1.82, 2.24) is 20.4 Å². The van der Waals surface area contributed by atoms with Crippen LogP contribution in [0, 0.1) is 19.7 Å². The van der Waals surface area contributed by atoms with Gasteiger partial charge in [-0.15, -0.1) is 0 Å². The molecule has 1 aromatic heterocycles. The molecule has 0 bridgehead atoms. The molecule has 2 amide bonds. The Labute approximate surface area is 166 Å². The molecule has 0 saturated heterocycles. The highest BCUT2D eigenvalue weighted by Gasteiger charge is 2.11. The number of amides is 2. The molecule has 1 heterocycles. The van der Waals surface area contributed by atoms with Gasteiger partial charge in [0.1, 0.15) is 5.82 Å². The number of thioether (sulfide) groups is 1. The molecule has 0 fully saturated rings. The zero-order chi connectivity index (χ0) is 20.1. The second kappa shape index (κ2) is 8.71. The van der Waals surface area contributed by atoms with Crippen molar-refractivity contribution in [3.05, 3.63) is 77.4 Å². The van der Waals surface area contributed by atoms with E-state index in [-0.39, 0.29) is 17.2 Å². The first-order valence-electron chi connectivity index (χ1n) is 8.52. The first kappa shape index (κ1) is 19.6. The molecule has 6 nitrogen and oxygen atoms in total. The number of imidazole rings is 1. The van der Waals surface area contributed by atoms with Gasteiger partial charge in [0.25, 0.3) is 5.91 Å². The quantitative estimate of drug-likeness (QED) is 0.511. The Morgan fingerprint density at radius 1 is 1.07 bits per heavy atom. The predicted molar refractivity (Wildman–Crippen MR) is 106 cm³/mol. The Bertz CT molecular complexity index is 981. The third-order valence-electron chi connectivity index (χ3n) is 3.85. The summed E-state index contributed by atoms with van der Waals surface area (Å²) in [4.78, 5) is 28.3. The summed E-state index contributed by atoms with van der Waals surface area (Å²) >= 11 is 1.26. The van der Waals surface area contributed by atoms with E-state index < -0.39 is 11.7 Å². The number of rotatable bonds is 5. The molecule has 3 aromatic rings. The maximum Gasteiger partial charge on any atom is 0.269 e. The standard InChI is InChI=1S/C20H19FN4O2S/c1-13-9-14(2)11-17(10-13)25-8-7-22-20(25)28-12-18(26)23-24-19(27)15-3-5-16(21)6-4-15/h3-11H,12H2,1-2H3,(H,23,26)(H,24,27). The van der Waals surface area contributed by atoms with Crippen molar-refractivity contribution in [3.8, 4) is 5.69 Å². The van der Waals surface area contributed by atoms with Gasteiger partial charge in [0, 0.05) is 23.6 Å². The number of benzene rings is 2. The van der Waals surface area contributed by atoms with Gasteiger partial charge in [0.05, 0.1) is 5.75 Å². The summed E-state index contributed by atoms with van der Waals surface area (Å²) in [5.41, 5.74) is 8.16. The van der Waals surface area contributed by atoms with Crippen LogP contribution in [0.15, 0.2) is 60.0 Å². The number of nitrogens with zero attached hydrogens (tertiary/aromatic N) is 2. The highest BCUT2D eigenvalue weighted by molar-refractivity contribution is 7.99. The maximum absolute atomic E-state index is 12.9. The summed E-state index contributed by atoms with van der Waals surface area (Å²) in [6.07, 6.45) is 3.51. The topological polar surface area (TPSA) is 76.0 Å². The number of hydrazine groups is 1. The van der Waals surface area contributed by atoms with E-state index >= 15 is 0 Å². The molecule has 2 N–H and O–H groups in total. The largest absolute Gasteiger partial charge is 0.295 e. The van der Waals surface area contributed by atoms with E-state index in [0.717, 1.165) is 16.8 Å². The summed E-state index contributed by atoms with van der Waals surface area (Å²) in [6.45, 7) is 4.05. The SMILES string of the molecule is Cc1cc(C)cc(-n2ccnc2SCC(=O)NNC(=O)c2ccc(F)cc2)c1. The lowest BCUT2D eigenvalue weighted by Crippen LogP contribution is -2.42. The lowest BCUT2D eigenvalue weighted by molar-refractivity contribution is -0.119. The van der Waals surface area contributed by atoms with E-state index in [4.69, 9.17) is 0 Å². The fourth-order valence-electron chi connectivity index (χ4n) is 2.65. The van der Waals surface area contributed by atoms with Crippen LogP contribution < -0.4 is 10.9 Å². The predicted octanol–water partition coefficient (Wildman–Crippen LogP) is 3.18. The van der Waals surface area contributed by atoms with Crippen LogP contribution in [0.1, 0.15) is 21.5 Å². The fourth-order valence-corrected chi connectivity index (χ4v) is 3.42. The first-order valence-corrected chi connectivity index (χ1v) is 9.50. The van der Waals surface area contributed by atoms with Crippen LogP contribution in [-0.2, 0) is 4.79 Å².